The van der Waals surface area contributed by atoms with Gasteiger partial charge >= 0.3 is 0 Å². The molecule has 0 radical (unpaired) electrons. The molecule has 0 saturated heterocycles. The summed E-state index contributed by atoms with van der Waals surface area (Å²) in [6.07, 6.45) is 0. The predicted molar refractivity (Wildman–Crippen MR) is 77.0 cm³/mol. The molecule has 0 unspecified atom stereocenters. The molecule has 1 heterocycles. The fourth-order valence-corrected chi connectivity index (χ4v) is 2.87. The van der Waals surface area contributed by atoms with Gasteiger partial charge in [-0.3, -0.25) is 0 Å². The zero-order valence-corrected chi connectivity index (χ0v) is 11.4. The van der Waals surface area contributed by atoms with E-state index in [0.717, 1.165) is 16.6 Å². The number of thiophene rings is 1. The first-order chi connectivity index (χ1) is 8.60. The van der Waals surface area contributed by atoms with E-state index in [1.54, 1.807) is 23.5 Å². The molecule has 0 aliphatic carbocycles. The molecule has 1 aromatic heterocycles. The molecule has 2 aromatic rings. The van der Waals surface area contributed by atoms with Gasteiger partial charge in [0.25, 0.3) is 0 Å². The first kappa shape index (κ1) is 12.7. The zero-order chi connectivity index (χ0) is 13.1. The summed E-state index contributed by atoms with van der Waals surface area (Å²) in [6.45, 7) is 0.744. The molecule has 92 valence electrons. The SMILES string of the molecule is CN(Cc1ccc(Cl)s1)c1ccc(C#N)cc1N. The van der Waals surface area contributed by atoms with Crippen LogP contribution in [-0.2, 0) is 6.54 Å². The number of benzene rings is 1. The molecular weight excluding hydrogens is 266 g/mol. The predicted octanol–water partition coefficient (Wildman–Crippen LogP) is 3.49. The second-order valence-corrected chi connectivity index (χ2v) is 5.75. The highest BCUT2D eigenvalue weighted by Crippen LogP contribution is 2.27. The van der Waals surface area contributed by atoms with Crippen molar-refractivity contribution in [3.8, 4) is 6.07 Å². The van der Waals surface area contributed by atoms with Gasteiger partial charge in [-0.2, -0.15) is 5.26 Å². The van der Waals surface area contributed by atoms with Crippen LogP contribution in [0.15, 0.2) is 30.3 Å². The number of halogens is 1. The minimum atomic E-state index is 0.573. The third-order valence-electron chi connectivity index (χ3n) is 2.59. The quantitative estimate of drug-likeness (QED) is 0.874. The Hall–Kier alpha value is -1.70. The molecule has 0 spiro atoms. The highest BCUT2D eigenvalue weighted by Gasteiger charge is 2.08. The lowest BCUT2D eigenvalue weighted by atomic mass is 10.2. The molecular formula is C13H12ClN3S. The highest BCUT2D eigenvalue weighted by atomic mass is 35.5. The van der Waals surface area contributed by atoms with Gasteiger partial charge in [-0.1, -0.05) is 11.6 Å². The molecule has 0 amide bonds. The normalized spacial score (nSPS) is 10.1. The van der Waals surface area contributed by atoms with Crippen molar-refractivity contribution >= 4 is 34.3 Å². The van der Waals surface area contributed by atoms with Crippen LogP contribution in [0.4, 0.5) is 11.4 Å². The van der Waals surface area contributed by atoms with E-state index in [1.807, 2.05) is 30.1 Å². The summed E-state index contributed by atoms with van der Waals surface area (Å²) in [6, 6.07) is 11.3. The van der Waals surface area contributed by atoms with Gasteiger partial charge in [0.15, 0.2) is 0 Å². The molecule has 2 N–H and O–H groups in total. The number of anilines is 2. The molecule has 1 aromatic carbocycles. The fraction of sp³-hybridized carbons (Fsp3) is 0.154. The van der Waals surface area contributed by atoms with Crippen molar-refractivity contribution in [2.45, 2.75) is 6.54 Å². The van der Waals surface area contributed by atoms with Crippen LogP contribution in [0.25, 0.3) is 0 Å². The van der Waals surface area contributed by atoms with Gasteiger partial charge in [0.1, 0.15) is 0 Å². The lowest BCUT2D eigenvalue weighted by Gasteiger charge is -2.20. The van der Waals surface area contributed by atoms with Crippen molar-refractivity contribution in [2.75, 3.05) is 17.7 Å². The first-order valence-electron chi connectivity index (χ1n) is 5.35. The Morgan fingerprint density at radius 2 is 2.17 bits per heavy atom. The van der Waals surface area contributed by atoms with Crippen LogP contribution in [-0.4, -0.2) is 7.05 Å². The van der Waals surface area contributed by atoms with Crippen LogP contribution in [0, 0.1) is 11.3 Å². The Morgan fingerprint density at radius 1 is 1.39 bits per heavy atom. The molecule has 0 bridgehead atoms. The molecule has 18 heavy (non-hydrogen) atoms. The van der Waals surface area contributed by atoms with E-state index >= 15 is 0 Å². The smallest absolute Gasteiger partial charge is 0.0992 e. The van der Waals surface area contributed by atoms with Crippen LogP contribution in [0.1, 0.15) is 10.4 Å². The van der Waals surface area contributed by atoms with E-state index in [0.29, 0.717) is 11.3 Å². The van der Waals surface area contributed by atoms with Crippen molar-refractivity contribution in [3.05, 3.63) is 45.1 Å². The van der Waals surface area contributed by atoms with Crippen LogP contribution in [0.5, 0.6) is 0 Å². The lowest BCUT2D eigenvalue weighted by molar-refractivity contribution is 0.942. The Balaban J connectivity index is 2.19. The number of nitrogens with two attached hydrogens (primary N) is 1. The second kappa shape index (κ2) is 5.30. The number of nitrogens with zero attached hydrogens (tertiary/aromatic N) is 2. The standard InChI is InChI=1S/C13H12ClN3S/c1-17(8-10-3-5-13(14)18-10)12-4-2-9(7-15)6-11(12)16/h2-6H,8,16H2,1H3. The van der Waals surface area contributed by atoms with Gasteiger partial charge in [-0.15, -0.1) is 11.3 Å². The van der Waals surface area contributed by atoms with Crippen molar-refractivity contribution in [1.82, 2.24) is 0 Å². The molecule has 0 saturated carbocycles. The maximum atomic E-state index is 8.80. The van der Waals surface area contributed by atoms with Gasteiger partial charge in [0, 0.05) is 11.9 Å². The molecule has 0 fully saturated rings. The van der Waals surface area contributed by atoms with E-state index in [4.69, 9.17) is 22.6 Å². The van der Waals surface area contributed by atoms with E-state index in [9.17, 15) is 0 Å². The topological polar surface area (TPSA) is 53.0 Å². The highest BCUT2D eigenvalue weighted by molar-refractivity contribution is 7.16. The van der Waals surface area contributed by atoms with Gasteiger partial charge in [0.2, 0.25) is 0 Å². The van der Waals surface area contributed by atoms with Crippen molar-refractivity contribution in [3.63, 3.8) is 0 Å². The molecule has 3 nitrogen and oxygen atoms in total. The summed E-state index contributed by atoms with van der Waals surface area (Å²) in [5.41, 5.74) is 8.04. The Bertz CT molecular complexity index is 601. The zero-order valence-electron chi connectivity index (χ0n) is 9.85. The molecule has 2 rings (SSSR count). The minimum absolute atomic E-state index is 0.573. The van der Waals surface area contributed by atoms with Crippen molar-refractivity contribution in [1.29, 1.82) is 5.26 Å². The average molecular weight is 278 g/mol. The maximum absolute atomic E-state index is 8.80. The Morgan fingerprint density at radius 3 is 2.72 bits per heavy atom. The first-order valence-corrected chi connectivity index (χ1v) is 6.54. The van der Waals surface area contributed by atoms with Gasteiger partial charge in [-0.25, -0.2) is 0 Å². The van der Waals surface area contributed by atoms with Crippen molar-refractivity contribution < 1.29 is 0 Å². The van der Waals surface area contributed by atoms with E-state index in [2.05, 4.69) is 6.07 Å². The summed E-state index contributed by atoms with van der Waals surface area (Å²) in [7, 11) is 1.96. The number of rotatable bonds is 3. The van der Waals surface area contributed by atoms with E-state index in [1.165, 1.54) is 4.88 Å². The summed E-state index contributed by atoms with van der Waals surface area (Å²) in [5.74, 6) is 0. The number of hydrogen-bond acceptors (Lipinski definition) is 4. The third-order valence-corrected chi connectivity index (χ3v) is 3.81. The largest absolute Gasteiger partial charge is 0.397 e. The summed E-state index contributed by atoms with van der Waals surface area (Å²) >= 11 is 7.45. The molecule has 0 atom stereocenters. The van der Waals surface area contributed by atoms with Crippen LogP contribution >= 0.6 is 22.9 Å². The number of nitriles is 1. The van der Waals surface area contributed by atoms with E-state index in [-0.39, 0.29) is 0 Å². The van der Waals surface area contributed by atoms with Gasteiger partial charge in [-0.05, 0) is 30.3 Å². The lowest BCUT2D eigenvalue weighted by Crippen LogP contribution is -2.17. The monoisotopic (exact) mass is 277 g/mol. The number of nitrogen functional groups attached to an aromatic ring is 1. The molecule has 0 aliphatic heterocycles. The van der Waals surface area contributed by atoms with Crippen LogP contribution < -0.4 is 10.6 Å². The molecule has 5 heteroatoms. The van der Waals surface area contributed by atoms with Gasteiger partial charge in [0.05, 0.1) is 33.9 Å². The minimum Gasteiger partial charge on any atom is -0.397 e. The summed E-state index contributed by atoms with van der Waals surface area (Å²) in [4.78, 5) is 3.21. The van der Waals surface area contributed by atoms with Crippen LogP contribution in [0.3, 0.4) is 0 Å². The summed E-state index contributed by atoms with van der Waals surface area (Å²) in [5, 5.41) is 8.80. The fourth-order valence-electron chi connectivity index (χ4n) is 1.73. The average Bonchev–Trinajstić information content (AvgIpc) is 2.74. The number of hydrogen-bond donors (Lipinski definition) is 1. The molecule has 0 aliphatic rings. The summed E-state index contributed by atoms with van der Waals surface area (Å²) < 4.78 is 0.784. The van der Waals surface area contributed by atoms with Gasteiger partial charge < -0.3 is 10.6 Å². The third kappa shape index (κ3) is 2.76. The maximum Gasteiger partial charge on any atom is 0.0992 e. The van der Waals surface area contributed by atoms with Crippen molar-refractivity contribution in [2.24, 2.45) is 0 Å². The van der Waals surface area contributed by atoms with E-state index < -0.39 is 0 Å². The van der Waals surface area contributed by atoms with Crippen LogP contribution in [0.2, 0.25) is 4.34 Å². The second-order valence-electron chi connectivity index (χ2n) is 3.95. The Kier molecular flexibility index (Phi) is 3.75. The Labute approximate surface area is 115 Å².